The maximum Gasteiger partial charge on any atom is 0.410 e. The number of hydrogen-bond donors (Lipinski definition) is 1. The van der Waals surface area contributed by atoms with Crippen molar-refractivity contribution in [2.45, 2.75) is 25.9 Å². The Kier molecular flexibility index (Phi) is 3.26. The number of carbonyl (C=O) groups excluding carboxylic acids is 1. The Morgan fingerprint density at radius 3 is 3.10 bits per heavy atom. The molecule has 1 saturated heterocycles. The summed E-state index contributed by atoms with van der Waals surface area (Å²) in [4.78, 5) is 16.5. The quantitative estimate of drug-likeness (QED) is 0.932. The second-order valence-electron chi connectivity index (χ2n) is 5.24. The highest BCUT2D eigenvalue weighted by atomic mass is 16.6. The number of hydrogen-bond acceptors (Lipinski definition) is 3. The van der Waals surface area contributed by atoms with E-state index in [9.17, 15) is 4.79 Å². The van der Waals surface area contributed by atoms with Gasteiger partial charge in [-0.1, -0.05) is 6.07 Å². The summed E-state index contributed by atoms with van der Waals surface area (Å²) in [5.74, 6) is 0.826. The van der Waals surface area contributed by atoms with E-state index < -0.39 is 0 Å². The van der Waals surface area contributed by atoms with Crippen LogP contribution >= 0.6 is 0 Å². The third kappa shape index (κ3) is 2.19. The predicted molar refractivity (Wildman–Crippen MR) is 75.9 cm³/mol. The molecule has 2 heterocycles. The van der Waals surface area contributed by atoms with Gasteiger partial charge in [-0.25, -0.2) is 4.79 Å². The first kappa shape index (κ1) is 12.8. The molecule has 5 heteroatoms. The van der Waals surface area contributed by atoms with Gasteiger partial charge in [0.2, 0.25) is 0 Å². The predicted octanol–water partition coefficient (Wildman–Crippen LogP) is 2.78. The standard InChI is InChI=1S/C15H18N2O3/c1-10(2)17-11(9-20-15(17)18)8-19-14-5-3-4-13-12(14)6-7-16-13/h3-7,10-11,16H,8-9H2,1-2H3. The van der Waals surface area contributed by atoms with Gasteiger partial charge < -0.3 is 14.5 Å². The molecular formula is C15H18N2O3. The average molecular weight is 274 g/mol. The van der Waals surface area contributed by atoms with Crippen LogP contribution in [0.3, 0.4) is 0 Å². The van der Waals surface area contributed by atoms with Crippen LogP contribution < -0.4 is 4.74 Å². The fourth-order valence-electron chi connectivity index (χ4n) is 2.60. The molecular weight excluding hydrogens is 256 g/mol. The molecule has 0 saturated carbocycles. The monoisotopic (exact) mass is 274 g/mol. The lowest BCUT2D eigenvalue weighted by Crippen LogP contribution is -2.42. The lowest BCUT2D eigenvalue weighted by Gasteiger charge is -2.25. The van der Waals surface area contributed by atoms with E-state index in [1.807, 2.05) is 44.3 Å². The number of fused-ring (bicyclic) bond motifs is 1. The first-order valence-corrected chi connectivity index (χ1v) is 6.81. The molecule has 1 unspecified atom stereocenters. The fourth-order valence-corrected chi connectivity index (χ4v) is 2.60. The third-order valence-electron chi connectivity index (χ3n) is 3.55. The zero-order valence-electron chi connectivity index (χ0n) is 11.6. The molecule has 1 N–H and O–H groups in total. The number of amides is 1. The first-order valence-electron chi connectivity index (χ1n) is 6.81. The zero-order chi connectivity index (χ0) is 14.1. The highest BCUT2D eigenvalue weighted by molar-refractivity contribution is 5.85. The van der Waals surface area contributed by atoms with E-state index in [0.29, 0.717) is 13.2 Å². The van der Waals surface area contributed by atoms with Gasteiger partial charge in [0.15, 0.2) is 0 Å². The van der Waals surface area contributed by atoms with Crippen LogP contribution in [0.15, 0.2) is 30.5 Å². The van der Waals surface area contributed by atoms with Crippen LogP contribution in [-0.2, 0) is 4.74 Å². The molecule has 1 aromatic heterocycles. The van der Waals surface area contributed by atoms with Gasteiger partial charge >= 0.3 is 6.09 Å². The molecule has 5 nitrogen and oxygen atoms in total. The summed E-state index contributed by atoms with van der Waals surface area (Å²) in [7, 11) is 0. The molecule has 2 aromatic rings. The summed E-state index contributed by atoms with van der Waals surface area (Å²) in [6.45, 7) is 4.78. The number of H-pyrrole nitrogens is 1. The summed E-state index contributed by atoms with van der Waals surface area (Å²) in [6.07, 6.45) is 1.63. The van der Waals surface area contributed by atoms with Gasteiger partial charge in [-0.3, -0.25) is 4.90 Å². The van der Waals surface area contributed by atoms with Gasteiger partial charge in [0.1, 0.15) is 25.0 Å². The van der Waals surface area contributed by atoms with E-state index in [4.69, 9.17) is 9.47 Å². The van der Waals surface area contributed by atoms with Gasteiger partial charge in [0, 0.05) is 23.1 Å². The fraction of sp³-hybridized carbons (Fsp3) is 0.400. The number of nitrogens with zero attached hydrogens (tertiary/aromatic N) is 1. The number of aromatic amines is 1. The molecule has 1 aromatic carbocycles. The largest absolute Gasteiger partial charge is 0.491 e. The number of aromatic nitrogens is 1. The van der Waals surface area contributed by atoms with Gasteiger partial charge in [-0.05, 0) is 32.0 Å². The SMILES string of the molecule is CC(C)N1C(=O)OCC1COc1cccc2[nH]ccc12. The van der Waals surface area contributed by atoms with Crippen LogP contribution in [-0.4, -0.2) is 41.3 Å². The van der Waals surface area contributed by atoms with Crippen molar-refractivity contribution in [3.05, 3.63) is 30.5 Å². The van der Waals surface area contributed by atoms with Crippen molar-refractivity contribution < 1.29 is 14.3 Å². The smallest absolute Gasteiger partial charge is 0.410 e. The van der Waals surface area contributed by atoms with Crippen LogP contribution in [0.1, 0.15) is 13.8 Å². The van der Waals surface area contributed by atoms with E-state index in [2.05, 4.69) is 4.98 Å². The molecule has 0 spiro atoms. The Bertz CT molecular complexity index is 620. The number of rotatable bonds is 4. The van der Waals surface area contributed by atoms with Gasteiger partial charge in [-0.2, -0.15) is 0 Å². The van der Waals surface area contributed by atoms with Crippen molar-refractivity contribution in [1.29, 1.82) is 0 Å². The van der Waals surface area contributed by atoms with E-state index in [-0.39, 0.29) is 18.2 Å². The Hall–Kier alpha value is -2.17. The molecule has 0 bridgehead atoms. The molecule has 0 radical (unpaired) electrons. The second-order valence-corrected chi connectivity index (χ2v) is 5.24. The molecule has 1 atom stereocenters. The highest BCUT2D eigenvalue weighted by Gasteiger charge is 2.35. The molecule has 1 amide bonds. The summed E-state index contributed by atoms with van der Waals surface area (Å²) < 4.78 is 11.0. The second kappa shape index (κ2) is 5.07. The molecule has 3 rings (SSSR count). The summed E-state index contributed by atoms with van der Waals surface area (Å²) >= 11 is 0. The van der Waals surface area contributed by atoms with Crippen molar-refractivity contribution in [2.75, 3.05) is 13.2 Å². The number of nitrogens with one attached hydrogen (secondary N) is 1. The summed E-state index contributed by atoms with van der Waals surface area (Å²) in [5.41, 5.74) is 1.04. The van der Waals surface area contributed by atoms with Crippen LogP contribution in [0.5, 0.6) is 5.75 Å². The van der Waals surface area contributed by atoms with Crippen LogP contribution in [0.2, 0.25) is 0 Å². The normalized spacial score (nSPS) is 18.9. The number of ether oxygens (including phenoxy) is 2. The van der Waals surface area contributed by atoms with E-state index in [0.717, 1.165) is 16.7 Å². The van der Waals surface area contributed by atoms with Gasteiger partial charge in [0.25, 0.3) is 0 Å². The van der Waals surface area contributed by atoms with Crippen molar-refractivity contribution in [3.8, 4) is 5.75 Å². The molecule has 1 fully saturated rings. The van der Waals surface area contributed by atoms with E-state index in [1.165, 1.54) is 0 Å². The average Bonchev–Trinajstić information content (AvgIpc) is 3.02. The minimum atomic E-state index is -0.256. The van der Waals surface area contributed by atoms with Crippen LogP contribution in [0.4, 0.5) is 4.79 Å². The first-order chi connectivity index (χ1) is 9.66. The van der Waals surface area contributed by atoms with Gasteiger partial charge in [0.05, 0.1) is 0 Å². The maximum absolute atomic E-state index is 11.7. The summed E-state index contributed by atoms with van der Waals surface area (Å²) in [5, 5.41) is 1.05. The number of cyclic esters (lactones) is 1. The zero-order valence-corrected chi connectivity index (χ0v) is 11.6. The van der Waals surface area contributed by atoms with Crippen LogP contribution in [0.25, 0.3) is 10.9 Å². The Morgan fingerprint density at radius 1 is 1.45 bits per heavy atom. The Labute approximate surface area is 117 Å². The minimum Gasteiger partial charge on any atom is -0.491 e. The molecule has 106 valence electrons. The number of carbonyl (C=O) groups is 1. The molecule has 1 aliphatic rings. The van der Waals surface area contributed by atoms with E-state index in [1.54, 1.807) is 4.90 Å². The Balaban J connectivity index is 1.73. The van der Waals surface area contributed by atoms with Crippen molar-refractivity contribution in [3.63, 3.8) is 0 Å². The third-order valence-corrected chi connectivity index (χ3v) is 3.55. The van der Waals surface area contributed by atoms with Gasteiger partial charge in [-0.15, -0.1) is 0 Å². The maximum atomic E-state index is 11.7. The summed E-state index contributed by atoms with van der Waals surface area (Å²) in [6, 6.07) is 7.96. The molecule has 1 aliphatic heterocycles. The van der Waals surface area contributed by atoms with Crippen molar-refractivity contribution >= 4 is 17.0 Å². The topological polar surface area (TPSA) is 54.6 Å². The molecule has 0 aliphatic carbocycles. The lowest BCUT2D eigenvalue weighted by molar-refractivity contribution is 0.143. The van der Waals surface area contributed by atoms with Crippen LogP contribution in [0, 0.1) is 0 Å². The lowest BCUT2D eigenvalue weighted by atomic mass is 10.2. The van der Waals surface area contributed by atoms with Crippen molar-refractivity contribution in [2.24, 2.45) is 0 Å². The highest BCUT2D eigenvalue weighted by Crippen LogP contribution is 2.25. The Morgan fingerprint density at radius 2 is 2.30 bits per heavy atom. The minimum absolute atomic E-state index is 0.0308. The number of benzene rings is 1. The van der Waals surface area contributed by atoms with Crippen molar-refractivity contribution in [1.82, 2.24) is 9.88 Å². The van der Waals surface area contributed by atoms with E-state index >= 15 is 0 Å². The molecule has 20 heavy (non-hydrogen) atoms.